The van der Waals surface area contributed by atoms with E-state index in [4.69, 9.17) is 14.2 Å². The summed E-state index contributed by atoms with van der Waals surface area (Å²) in [6.45, 7) is 7.16. The molecule has 0 radical (unpaired) electrons. The van der Waals surface area contributed by atoms with E-state index < -0.39 is 6.10 Å². The first-order valence-corrected chi connectivity index (χ1v) is 15.6. The van der Waals surface area contributed by atoms with E-state index in [0.29, 0.717) is 52.2 Å². The summed E-state index contributed by atoms with van der Waals surface area (Å²) in [4.78, 5) is 22.9. The minimum Gasteiger partial charge on any atom is -0.493 e. The number of ether oxygens (including phenoxy) is 3. The Morgan fingerprint density at radius 2 is 1.70 bits per heavy atom. The van der Waals surface area contributed by atoms with Gasteiger partial charge in [0.05, 0.1) is 18.2 Å². The summed E-state index contributed by atoms with van der Waals surface area (Å²) in [5, 5.41) is 11.5. The number of hydrogen-bond donors (Lipinski definition) is 1. The van der Waals surface area contributed by atoms with Gasteiger partial charge in [0.25, 0.3) is 0 Å². The molecule has 3 heterocycles. The number of piperidine rings is 1. The van der Waals surface area contributed by atoms with Gasteiger partial charge in [-0.2, -0.15) is 0 Å². The summed E-state index contributed by atoms with van der Waals surface area (Å²) in [6, 6.07) is 20.9. The van der Waals surface area contributed by atoms with Gasteiger partial charge in [0, 0.05) is 35.8 Å². The van der Waals surface area contributed by atoms with Gasteiger partial charge >= 0.3 is 0 Å². The molecule has 0 spiro atoms. The molecule has 2 aliphatic heterocycles. The van der Waals surface area contributed by atoms with E-state index in [-0.39, 0.29) is 12.4 Å². The highest BCUT2D eigenvalue weighted by atomic mass is 16.5. The molecule has 44 heavy (non-hydrogen) atoms. The number of nitrogens with zero attached hydrogens (tertiary/aromatic N) is 3. The van der Waals surface area contributed by atoms with Gasteiger partial charge in [-0.3, -0.25) is 9.78 Å². The van der Waals surface area contributed by atoms with Gasteiger partial charge in [0.2, 0.25) is 0 Å². The van der Waals surface area contributed by atoms with E-state index in [1.165, 1.54) is 25.9 Å². The molecule has 1 aromatic heterocycles. The quantitative estimate of drug-likeness (QED) is 0.216. The van der Waals surface area contributed by atoms with Crippen molar-refractivity contribution in [2.45, 2.75) is 44.8 Å². The van der Waals surface area contributed by atoms with E-state index in [1.54, 1.807) is 37.6 Å². The highest BCUT2D eigenvalue weighted by molar-refractivity contribution is 6.11. The molecule has 6 rings (SSSR count). The molecule has 1 atom stereocenters. The lowest BCUT2D eigenvalue weighted by Gasteiger charge is -2.37. The Bertz CT molecular complexity index is 1580. The maximum atomic E-state index is 13.4. The van der Waals surface area contributed by atoms with Crippen molar-refractivity contribution in [3.8, 4) is 23.0 Å². The average Bonchev–Trinajstić information content (AvgIpc) is 3.60. The predicted molar refractivity (Wildman–Crippen MR) is 171 cm³/mol. The smallest absolute Gasteiger partial charge is 0.196 e. The number of pyridine rings is 1. The Hall–Kier alpha value is -3.98. The van der Waals surface area contributed by atoms with Crippen LogP contribution in [0.2, 0.25) is 0 Å². The largest absolute Gasteiger partial charge is 0.493 e. The van der Waals surface area contributed by atoms with Gasteiger partial charge in [-0.15, -0.1) is 0 Å². The first kappa shape index (κ1) is 30.1. The number of aromatic nitrogens is 1. The molecule has 2 fully saturated rings. The highest BCUT2D eigenvalue weighted by Crippen LogP contribution is 2.38. The van der Waals surface area contributed by atoms with E-state index >= 15 is 0 Å². The minimum atomic E-state index is -0.622. The van der Waals surface area contributed by atoms with Gasteiger partial charge < -0.3 is 29.1 Å². The summed E-state index contributed by atoms with van der Waals surface area (Å²) in [5.74, 6) is 1.92. The lowest BCUT2D eigenvalue weighted by atomic mass is 10.0. The topological polar surface area (TPSA) is 84.4 Å². The number of methoxy groups -OCH3 is 1. The normalized spacial score (nSPS) is 17.1. The number of likely N-dealkylation sites (tertiary alicyclic amines) is 2. The fraction of sp³-hybridized carbons (Fsp3) is 0.389. The van der Waals surface area contributed by atoms with Crippen molar-refractivity contribution in [1.82, 2.24) is 14.8 Å². The van der Waals surface area contributed by atoms with E-state index in [2.05, 4.69) is 14.8 Å². The number of aryl methyl sites for hydroxylation is 1. The predicted octanol–water partition coefficient (Wildman–Crippen LogP) is 5.88. The fourth-order valence-corrected chi connectivity index (χ4v) is 6.37. The van der Waals surface area contributed by atoms with Crippen LogP contribution in [0.15, 0.2) is 72.9 Å². The molecule has 1 unspecified atom stereocenters. The maximum absolute atomic E-state index is 13.4. The number of β-amino-alcohol motifs (C(OH)–C–C–N with tert-alkyl or cyclic N) is 1. The van der Waals surface area contributed by atoms with Gasteiger partial charge in [-0.1, -0.05) is 42.0 Å². The van der Waals surface area contributed by atoms with Gasteiger partial charge in [-0.05, 0) is 83.1 Å². The van der Waals surface area contributed by atoms with Crippen LogP contribution in [0, 0.1) is 6.92 Å². The van der Waals surface area contributed by atoms with Crippen LogP contribution in [0.1, 0.15) is 47.2 Å². The zero-order valence-corrected chi connectivity index (χ0v) is 25.6. The molecular weight excluding hydrogens is 554 g/mol. The van der Waals surface area contributed by atoms with Crippen LogP contribution >= 0.6 is 0 Å². The molecule has 0 bridgehead atoms. The number of benzene rings is 3. The highest BCUT2D eigenvalue weighted by Gasteiger charge is 2.27. The van der Waals surface area contributed by atoms with Crippen molar-refractivity contribution in [1.29, 1.82) is 0 Å². The standard InChI is InChI=1S/C36H41N3O5/c1-25-10-11-32(30(20-25)36(41)26-8-4-3-5-9-26)44-33-12-15-37-31-22-35(34(42-2)21-29(31)33)43-24-28(40)23-38-18-13-27(14-19-38)39-16-6-7-17-39/h3-5,8-12,15,20-22,27-28,40H,6-7,13-14,16-19,23-24H2,1-2H3. The Kier molecular flexibility index (Phi) is 9.40. The molecular formula is C36H41N3O5. The number of aliphatic hydroxyl groups is 1. The van der Waals surface area contributed by atoms with Gasteiger partial charge in [0.15, 0.2) is 17.3 Å². The molecule has 1 N–H and O–H groups in total. The van der Waals surface area contributed by atoms with Crippen LogP contribution in [-0.4, -0.2) is 84.3 Å². The number of carbonyl (C=O) groups is 1. The third-order valence-corrected chi connectivity index (χ3v) is 8.74. The minimum absolute atomic E-state index is 0.106. The second kappa shape index (κ2) is 13.8. The Morgan fingerprint density at radius 3 is 2.45 bits per heavy atom. The summed E-state index contributed by atoms with van der Waals surface area (Å²) in [5.41, 5.74) is 2.70. The Morgan fingerprint density at radius 1 is 0.932 bits per heavy atom. The van der Waals surface area contributed by atoms with E-state index in [9.17, 15) is 9.90 Å². The first-order valence-electron chi connectivity index (χ1n) is 15.6. The van der Waals surface area contributed by atoms with Crippen molar-refractivity contribution >= 4 is 16.7 Å². The van der Waals surface area contributed by atoms with Gasteiger partial charge in [-0.25, -0.2) is 0 Å². The summed E-state index contributed by atoms with van der Waals surface area (Å²) in [6.07, 6.45) is 6.01. The maximum Gasteiger partial charge on any atom is 0.196 e. The Balaban J connectivity index is 1.14. The monoisotopic (exact) mass is 595 g/mol. The van der Waals surface area contributed by atoms with E-state index in [1.807, 2.05) is 49.4 Å². The van der Waals surface area contributed by atoms with Crippen LogP contribution in [-0.2, 0) is 0 Å². The first-order chi connectivity index (χ1) is 21.5. The molecule has 0 amide bonds. The summed E-state index contributed by atoms with van der Waals surface area (Å²) < 4.78 is 18.1. The number of ketones is 1. The second-order valence-electron chi connectivity index (χ2n) is 11.9. The van der Waals surface area contributed by atoms with Crippen molar-refractivity contribution in [2.75, 3.05) is 46.4 Å². The molecule has 4 aromatic rings. The number of rotatable bonds is 11. The lowest BCUT2D eigenvalue weighted by Crippen LogP contribution is -2.46. The van der Waals surface area contributed by atoms with Crippen molar-refractivity contribution in [3.63, 3.8) is 0 Å². The van der Waals surface area contributed by atoms with Crippen LogP contribution < -0.4 is 14.2 Å². The number of carbonyl (C=O) groups excluding carboxylic acids is 1. The van der Waals surface area contributed by atoms with Crippen LogP contribution in [0.4, 0.5) is 0 Å². The fourth-order valence-electron chi connectivity index (χ4n) is 6.37. The average molecular weight is 596 g/mol. The number of hydrogen-bond acceptors (Lipinski definition) is 8. The molecule has 3 aromatic carbocycles. The third kappa shape index (κ3) is 6.88. The molecule has 2 aliphatic rings. The zero-order valence-electron chi connectivity index (χ0n) is 25.6. The second-order valence-corrected chi connectivity index (χ2v) is 11.9. The van der Waals surface area contributed by atoms with Crippen LogP contribution in [0.5, 0.6) is 23.0 Å². The number of aliphatic hydroxyl groups excluding tert-OH is 1. The summed E-state index contributed by atoms with van der Waals surface area (Å²) in [7, 11) is 1.59. The molecule has 0 aliphatic carbocycles. The SMILES string of the molecule is COc1cc2c(Oc3ccc(C)cc3C(=O)c3ccccc3)ccnc2cc1OCC(O)CN1CCC(N2CCCC2)CC1. The molecule has 2 saturated heterocycles. The molecule has 8 nitrogen and oxygen atoms in total. The summed E-state index contributed by atoms with van der Waals surface area (Å²) >= 11 is 0. The third-order valence-electron chi connectivity index (χ3n) is 8.74. The lowest BCUT2D eigenvalue weighted by molar-refractivity contribution is 0.0470. The van der Waals surface area contributed by atoms with Crippen molar-refractivity contribution in [3.05, 3.63) is 89.6 Å². The number of fused-ring (bicyclic) bond motifs is 1. The zero-order chi connectivity index (χ0) is 30.5. The van der Waals surface area contributed by atoms with Crippen molar-refractivity contribution in [2.24, 2.45) is 0 Å². The van der Waals surface area contributed by atoms with E-state index in [0.717, 1.165) is 36.9 Å². The Labute approximate surface area is 259 Å². The van der Waals surface area contributed by atoms with Crippen LogP contribution in [0.3, 0.4) is 0 Å². The molecule has 0 saturated carbocycles. The van der Waals surface area contributed by atoms with Gasteiger partial charge in [0.1, 0.15) is 24.2 Å². The van der Waals surface area contributed by atoms with Crippen molar-refractivity contribution < 1.29 is 24.1 Å². The van der Waals surface area contributed by atoms with Crippen LogP contribution in [0.25, 0.3) is 10.9 Å². The molecule has 8 heteroatoms. The molecule has 230 valence electrons.